The minimum absolute atomic E-state index is 0. The van der Waals surface area contributed by atoms with Crippen molar-refractivity contribution >= 4 is 31.1 Å². The second-order valence-corrected chi connectivity index (χ2v) is 17.7. The number of anilines is 4. The number of halogens is 8. The molecule has 2 aromatic carbocycles. The second-order valence-electron chi connectivity index (χ2n) is 17.7. The Kier molecular flexibility index (Phi) is 20.2. The molecule has 15 nitrogen and oxygen atoms in total. The first kappa shape index (κ1) is 61.4. The Labute approximate surface area is 509 Å². The Hall–Kier alpha value is -8.66. The van der Waals surface area contributed by atoms with E-state index in [0.29, 0.717) is 11.5 Å². The predicted molar refractivity (Wildman–Crippen MR) is 290 cm³/mol. The molecule has 0 spiro atoms. The number of nitrogens with zero attached hydrogens (tertiary/aromatic N) is 14. The van der Waals surface area contributed by atoms with Crippen molar-refractivity contribution in [1.29, 1.82) is 1.34 Å². The average Bonchev–Trinajstić information content (AvgIpc) is 4.37. The van der Waals surface area contributed by atoms with E-state index in [1.165, 1.54) is 42.5 Å². The van der Waals surface area contributed by atoms with Gasteiger partial charge in [-0.1, -0.05) is 47.3 Å². The minimum atomic E-state index is -1.12. The number of ether oxygens (including phenoxy) is 1. The first-order valence-electron chi connectivity index (χ1n) is 24.5. The van der Waals surface area contributed by atoms with Crippen LogP contribution in [0.2, 0.25) is 0 Å². The van der Waals surface area contributed by atoms with E-state index in [-0.39, 0.29) is 86.2 Å². The van der Waals surface area contributed by atoms with Gasteiger partial charge in [-0.2, -0.15) is 87.3 Å². The molecule has 4 aliphatic rings. The van der Waals surface area contributed by atoms with Crippen LogP contribution in [0.4, 0.5) is 57.9 Å². The van der Waals surface area contributed by atoms with Crippen LogP contribution in [-0.4, -0.2) is 87.4 Å². The Morgan fingerprint density at radius 1 is 0.476 bits per heavy atom. The van der Waals surface area contributed by atoms with Crippen LogP contribution < -0.4 is 24.3 Å². The van der Waals surface area contributed by atoms with E-state index in [4.69, 9.17) is 6.07 Å². The summed E-state index contributed by atoms with van der Waals surface area (Å²) in [5.74, 6) is -7.07. The van der Waals surface area contributed by atoms with E-state index in [0.717, 1.165) is 53.1 Å². The third kappa shape index (κ3) is 15.1. The number of rotatable bonds is 10. The van der Waals surface area contributed by atoms with Gasteiger partial charge in [0.2, 0.25) is 23.8 Å². The van der Waals surface area contributed by atoms with Crippen molar-refractivity contribution in [3.63, 3.8) is 0 Å². The molecule has 4 aliphatic heterocycles. The SMILES string of the molecule is CN1C=CN(c2[c-]c(Oc3[c-]c(N4C=CN(C)[CH-]4)c(N4C=CN(C)[CH-]4)[c-]c3N3C=CN(C)[CH-]3)ccc2)[CH-]1.Fc1[c-]c(-c2cccc(-c3[c-]cc(F)nc3F)n2)cc(F)n1.Fc1cc(-c2cccc(-c3ccc(F)nc3F)n2)cc(F)n1.[2H][B].[Ir].[Pt+4]. The molecule has 0 fully saturated rings. The van der Waals surface area contributed by atoms with Crippen LogP contribution in [0.3, 0.4) is 0 Å². The normalized spacial score (nSPS) is 13.9. The maximum absolute atomic E-state index is 13.7. The number of hydrogen-bond donors (Lipinski definition) is 0. The molecule has 8 aromatic rings. The van der Waals surface area contributed by atoms with Crippen molar-refractivity contribution in [1.82, 2.24) is 49.5 Å². The third-order valence-electron chi connectivity index (χ3n) is 11.6. The molecule has 3 radical (unpaired) electrons. The maximum atomic E-state index is 13.7. The zero-order valence-electron chi connectivity index (χ0n) is 45.0. The molecule has 10 heterocycles. The molecule has 0 N–H and O–H groups in total. The molecule has 0 saturated heterocycles. The van der Waals surface area contributed by atoms with E-state index in [9.17, 15) is 35.1 Å². The standard InChI is InChI=1S/C28H27N8O.C15H7F4N3.C15H5F4N3.BH.Ir.Pt/c1-29-8-12-33(19-29)23-6-5-7-24(16-23)37-28-18-26(35-14-10-31(3)21-35)25(34-13-9-30(2)20-34)17-27(28)36-15-11-32(4)22-36;2*16-12-5-4-9(15(19)22-12)11-3-1-2-10(20-11)8-6-13(17)21-14(18)7-8;;;/h5-15,19-22H,1-4H3;1-7H;1-3,5-6H;1H;;/q-7;;-2;;;+4/i;;;1D;;. The van der Waals surface area contributed by atoms with Gasteiger partial charge in [-0.15, -0.1) is 42.1 Å². The van der Waals surface area contributed by atoms with Crippen molar-refractivity contribution in [2.24, 2.45) is 0 Å². The van der Waals surface area contributed by atoms with Crippen LogP contribution in [0.5, 0.6) is 11.5 Å². The van der Waals surface area contributed by atoms with Gasteiger partial charge < -0.3 is 48.9 Å². The minimum Gasteiger partial charge on any atom is -0.564 e. The first-order chi connectivity index (χ1) is 40.0. The van der Waals surface area contributed by atoms with Gasteiger partial charge in [0.15, 0.2) is 11.9 Å². The largest absolute Gasteiger partial charge is 4.00 e. The quantitative estimate of drug-likeness (QED) is 0.0560. The summed E-state index contributed by atoms with van der Waals surface area (Å²) in [5.41, 5.74) is 3.89. The van der Waals surface area contributed by atoms with Gasteiger partial charge in [0, 0.05) is 46.2 Å². The summed E-state index contributed by atoms with van der Waals surface area (Å²) in [6.45, 7) is 7.95. The zero-order chi connectivity index (χ0) is 58.9. The Morgan fingerprint density at radius 3 is 1.58 bits per heavy atom. The van der Waals surface area contributed by atoms with Gasteiger partial charge in [0.25, 0.3) is 0 Å². The number of benzene rings is 2. The fraction of sp³-hybridized carbons (Fsp3) is 0.0690. The zero-order valence-corrected chi connectivity index (χ0v) is 48.7. The topological polar surface area (TPSA) is 112 Å². The van der Waals surface area contributed by atoms with Gasteiger partial charge in [0.05, 0.1) is 17.0 Å². The molecule has 26 heteroatoms. The van der Waals surface area contributed by atoms with Crippen LogP contribution in [0.25, 0.3) is 45.0 Å². The predicted octanol–water partition coefficient (Wildman–Crippen LogP) is 10.7. The summed E-state index contributed by atoms with van der Waals surface area (Å²) < 4.78 is 117. The van der Waals surface area contributed by atoms with Crippen molar-refractivity contribution in [3.8, 4) is 56.5 Å². The van der Waals surface area contributed by atoms with E-state index >= 15 is 0 Å². The van der Waals surface area contributed by atoms with Gasteiger partial charge in [-0.3, -0.25) is 17.1 Å². The number of pyridine rings is 6. The third-order valence-corrected chi connectivity index (χ3v) is 11.6. The smallest absolute Gasteiger partial charge is 0.564 e. The molecule has 0 amide bonds. The molecule has 6 aromatic heterocycles. The number of hydrogen-bond acceptors (Lipinski definition) is 15. The fourth-order valence-electron chi connectivity index (χ4n) is 7.98. The van der Waals surface area contributed by atoms with E-state index in [1.807, 2.05) is 162 Å². The van der Waals surface area contributed by atoms with Gasteiger partial charge in [-0.25, -0.2) is 23.1 Å². The molecule has 0 saturated carbocycles. The fourth-order valence-corrected chi connectivity index (χ4v) is 7.98. The summed E-state index contributed by atoms with van der Waals surface area (Å²) in [5, 5.41) is 0. The first-order valence-corrected chi connectivity index (χ1v) is 24.0. The van der Waals surface area contributed by atoms with Crippen LogP contribution in [0.15, 0.2) is 141 Å². The summed E-state index contributed by atoms with van der Waals surface area (Å²) in [4.78, 5) is 36.2. The van der Waals surface area contributed by atoms with Gasteiger partial charge in [-0.05, 0) is 115 Å². The molecular weight excluding hydrogens is 1460 g/mol. The molecule has 84 heavy (non-hydrogen) atoms. The summed E-state index contributed by atoms with van der Waals surface area (Å²) in [6, 6.07) is 35.9. The summed E-state index contributed by atoms with van der Waals surface area (Å²) >= 11 is 0. The summed E-state index contributed by atoms with van der Waals surface area (Å²) in [7, 11) is 11.7. The van der Waals surface area contributed by atoms with Crippen LogP contribution in [0, 0.1) is 105 Å². The van der Waals surface area contributed by atoms with Crippen LogP contribution in [0.1, 0.15) is 0 Å². The molecule has 12 rings (SSSR count). The molecule has 0 unspecified atom stereocenters. The Morgan fingerprint density at radius 2 is 1.00 bits per heavy atom. The van der Waals surface area contributed by atoms with Crippen LogP contribution >= 0.6 is 0 Å². The average molecular weight is 1500 g/mol. The van der Waals surface area contributed by atoms with Crippen molar-refractivity contribution < 1.29 is 81.0 Å². The van der Waals surface area contributed by atoms with E-state index < -0.39 is 47.6 Å². The molecule has 0 bridgehead atoms. The Balaban J connectivity index is 0.000000188. The van der Waals surface area contributed by atoms with E-state index in [2.05, 4.69) is 68.6 Å². The van der Waals surface area contributed by atoms with Crippen molar-refractivity contribution in [2.45, 2.75) is 0 Å². The van der Waals surface area contributed by atoms with Gasteiger partial charge >= 0.3 is 21.1 Å². The Bertz CT molecular complexity index is 3600. The molecule has 431 valence electrons. The van der Waals surface area contributed by atoms with Crippen LogP contribution in [-0.2, 0) is 41.2 Å². The number of aromatic nitrogens is 6. The molecule has 0 aliphatic carbocycles. The summed E-state index contributed by atoms with van der Waals surface area (Å²) in [6.07, 6.45) is 15.9. The van der Waals surface area contributed by atoms with E-state index in [1.54, 1.807) is 0 Å². The maximum Gasteiger partial charge on any atom is 4.00 e. The van der Waals surface area contributed by atoms with Gasteiger partial charge in [0.1, 0.15) is 11.9 Å². The monoisotopic (exact) mass is 1500 g/mol. The molecule has 0 atom stereocenters. The van der Waals surface area contributed by atoms with Crippen molar-refractivity contribution in [2.75, 3.05) is 47.8 Å². The van der Waals surface area contributed by atoms with Crippen molar-refractivity contribution in [3.05, 3.63) is 245 Å². The molecular formula is C58H40BF8IrN14OPt-5. The second kappa shape index (κ2) is 27.6.